The van der Waals surface area contributed by atoms with E-state index in [1.54, 1.807) is 12.2 Å². The molecule has 2 atom stereocenters. The lowest BCUT2D eigenvalue weighted by Gasteiger charge is -2.20. The van der Waals surface area contributed by atoms with Gasteiger partial charge in [-0.1, -0.05) is 104 Å². The third-order valence-electron chi connectivity index (χ3n) is 5.35. The molecule has 0 saturated heterocycles. The van der Waals surface area contributed by atoms with Crippen LogP contribution in [0.2, 0.25) is 0 Å². The van der Waals surface area contributed by atoms with Crippen LogP contribution in [0.3, 0.4) is 0 Å². The van der Waals surface area contributed by atoms with Crippen LogP contribution in [0.25, 0.3) is 0 Å². The fourth-order valence-electron chi connectivity index (χ4n) is 3.32. The van der Waals surface area contributed by atoms with Crippen molar-refractivity contribution in [2.45, 2.75) is 90.2 Å². The van der Waals surface area contributed by atoms with E-state index in [2.05, 4.69) is 73.0 Å². The number of allylic oxidation sites excluding steroid dienone is 14. The van der Waals surface area contributed by atoms with Crippen LogP contribution >= 0.6 is 0 Å². The van der Waals surface area contributed by atoms with Gasteiger partial charge in [0, 0.05) is 6.42 Å². The van der Waals surface area contributed by atoms with E-state index < -0.39 is 33.9 Å². The van der Waals surface area contributed by atoms with Crippen LogP contribution in [0.1, 0.15) is 78.1 Å². The number of nitrogens with one attached hydrogen (secondary N) is 1. The highest BCUT2D eigenvalue weighted by Gasteiger charge is 2.24. The molecule has 1 amide bonds. The van der Waals surface area contributed by atoms with Crippen LogP contribution in [0.15, 0.2) is 97.2 Å². The molecule has 0 aliphatic rings. The van der Waals surface area contributed by atoms with Crippen LogP contribution in [-0.2, 0) is 14.9 Å². The molecular weight excluding hydrogens is 510 g/mol. The molecule has 7 heteroatoms. The second-order valence-electron chi connectivity index (χ2n) is 8.95. The summed E-state index contributed by atoms with van der Waals surface area (Å²) in [6.45, 7) is 4.11. The number of carbonyl (C=O) groups excluding carboxylic acids is 1. The molecule has 0 bridgehead atoms. The molecule has 3 N–H and O–H groups in total. The van der Waals surface area contributed by atoms with Crippen LogP contribution in [0.5, 0.6) is 0 Å². The van der Waals surface area contributed by atoms with Crippen molar-refractivity contribution in [3.8, 4) is 0 Å². The molecule has 0 aromatic rings. The molecule has 0 aromatic heterocycles. The van der Waals surface area contributed by atoms with E-state index in [1.165, 1.54) is 6.08 Å². The molecule has 0 aliphatic heterocycles. The second-order valence-corrected chi connectivity index (χ2v) is 10.4. The number of aliphatic hydroxyl groups excluding tert-OH is 1. The van der Waals surface area contributed by atoms with Gasteiger partial charge < -0.3 is 10.4 Å². The minimum absolute atomic E-state index is 0.0456. The molecule has 0 rings (SSSR count). The van der Waals surface area contributed by atoms with E-state index in [9.17, 15) is 22.9 Å². The fraction of sp³-hybridized carbons (Fsp3) is 0.469. The normalized spacial score (nSPS) is 15.1. The number of aliphatic hydroxyl groups is 1. The first kappa shape index (κ1) is 36.3. The smallest absolute Gasteiger partial charge is 0.267 e. The maximum absolute atomic E-state index is 12.3. The molecule has 218 valence electrons. The first-order valence-corrected chi connectivity index (χ1v) is 15.5. The van der Waals surface area contributed by atoms with Crippen molar-refractivity contribution < 1.29 is 22.9 Å². The Morgan fingerprint density at radius 1 is 0.718 bits per heavy atom. The molecule has 0 spiro atoms. The Morgan fingerprint density at radius 2 is 1.18 bits per heavy atom. The molecule has 2 unspecified atom stereocenters. The van der Waals surface area contributed by atoms with E-state index in [0.717, 1.165) is 44.9 Å². The van der Waals surface area contributed by atoms with Crippen LogP contribution in [0.4, 0.5) is 0 Å². The van der Waals surface area contributed by atoms with Gasteiger partial charge >= 0.3 is 0 Å². The van der Waals surface area contributed by atoms with E-state index >= 15 is 0 Å². The number of amides is 1. The summed E-state index contributed by atoms with van der Waals surface area (Å²) in [5.74, 6) is -1.19. The van der Waals surface area contributed by atoms with Crippen LogP contribution in [0, 0.1) is 0 Å². The predicted molar refractivity (Wildman–Crippen MR) is 165 cm³/mol. The molecular formula is C32H49NO5S. The topological polar surface area (TPSA) is 104 Å². The van der Waals surface area contributed by atoms with E-state index in [4.69, 9.17) is 0 Å². The Balaban J connectivity index is 4.40. The van der Waals surface area contributed by atoms with Gasteiger partial charge in [0.25, 0.3) is 10.1 Å². The van der Waals surface area contributed by atoms with Crippen molar-refractivity contribution in [1.29, 1.82) is 0 Å². The van der Waals surface area contributed by atoms with Crippen molar-refractivity contribution in [2.75, 3.05) is 5.75 Å². The lowest BCUT2D eigenvalue weighted by atomic mass is 10.1. The minimum atomic E-state index is -4.38. The van der Waals surface area contributed by atoms with Crippen molar-refractivity contribution in [3.63, 3.8) is 0 Å². The predicted octanol–water partition coefficient (Wildman–Crippen LogP) is 7.11. The number of hydrogen-bond donors (Lipinski definition) is 3. The summed E-state index contributed by atoms with van der Waals surface area (Å²) in [4.78, 5) is 12.3. The Hall–Kier alpha value is -2.74. The van der Waals surface area contributed by atoms with E-state index in [0.29, 0.717) is 12.8 Å². The van der Waals surface area contributed by atoms with Crippen LogP contribution < -0.4 is 5.32 Å². The van der Waals surface area contributed by atoms with Gasteiger partial charge in [-0.3, -0.25) is 9.35 Å². The molecule has 6 nitrogen and oxygen atoms in total. The van der Waals surface area contributed by atoms with Gasteiger partial charge in [-0.15, -0.1) is 0 Å². The zero-order valence-electron chi connectivity index (χ0n) is 23.7. The van der Waals surface area contributed by atoms with Gasteiger partial charge in [0.1, 0.15) is 0 Å². The highest BCUT2D eigenvalue weighted by atomic mass is 32.2. The third kappa shape index (κ3) is 26.6. The molecule has 0 radical (unpaired) electrons. The zero-order valence-corrected chi connectivity index (χ0v) is 24.5. The number of unbranched alkanes of at least 4 members (excludes halogenated alkanes) is 2. The Morgan fingerprint density at radius 3 is 1.67 bits per heavy atom. The molecule has 0 aliphatic carbocycles. The third-order valence-corrected chi connectivity index (χ3v) is 6.13. The SMILES string of the molecule is C/C=C/CC/C=C/CC/C=C/C(O)C(CS(=O)(=O)O)NC(=O)C/C=C\C/C=C\C/C=C\C/C=C\C/C=C\CC. The number of rotatable bonds is 22. The molecule has 39 heavy (non-hydrogen) atoms. The standard InChI is InChI=1S/C32H49NO5S/c1-3-5-7-9-11-13-14-15-16-17-18-20-22-24-26-28-32(35)33-30(29-39(36,37)38)31(34)27-25-23-21-19-12-10-8-6-4-2/h4-7,11-13,15-16,18-20,24-27,30-31,34H,3,8-10,14,17,21-23,28-29H2,1-2H3,(H,33,35)(H,36,37,38)/b6-4+,7-5-,13-11-,16-15-,19-12+,20-18-,26-24-,27-25+. The van der Waals surface area contributed by atoms with Gasteiger partial charge in [0.15, 0.2) is 0 Å². The summed E-state index contributed by atoms with van der Waals surface area (Å²) in [5.41, 5.74) is 0. The van der Waals surface area contributed by atoms with Crippen molar-refractivity contribution >= 4 is 16.0 Å². The summed E-state index contributed by atoms with van der Waals surface area (Å²) in [6.07, 6.45) is 38.7. The first-order valence-electron chi connectivity index (χ1n) is 13.9. The summed E-state index contributed by atoms with van der Waals surface area (Å²) in [5, 5.41) is 12.9. The Bertz CT molecular complexity index is 969. The lowest BCUT2D eigenvalue weighted by molar-refractivity contribution is -0.121. The van der Waals surface area contributed by atoms with Crippen molar-refractivity contribution in [3.05, 3.63) is 97.2 Å². The van der Waals surface area contributed by atoms with Crippen molar-refractivity contribution in [1.82, 2.24) is 5.32 Å². The summed E-state index contributed by atoms with van der Waals surface area (Å²) in [7, 11) is -4.38. The summed E-state index contributed by atoms with van der Waals surface area (Å²) in [6, 6.07) is -1.14. The zero-order chi connectivity index (χ0) is 29.0. The molecule has 0 aromatic carbocycles. The maximum atomic E-state index is 12.3. The van der Waals surface area contributed by atoms with Gasteiger partial charge in [-0.05, 0) is 64.7 Å². The average Bonchev–Trinajstić information content (AvgIpc) is 2.88. The maximum Gasteiger partial charge on any atom is 0.267 e. The summed E-state index contributed by atoms with van der Waals surface area (Å²) < 4.78 is 32.0. The quantitative estimate of drug-likeness (QED) is 0.0745. The molecule has 0 heterocycles. The second kappa shape index (κ2) is 25.5. The van der Waals surface area contributed by atoms with Crippen LogP contribution in [-0.4, -0.2) is 41.9 Å². The minimum Gasteiger partial charge on any atom is -0.387 e. The van der Waals surface area contributed by atoms with E-state index in [-0.39, 0.29) is 6.42 Å². The monoisotopic (exact) mass is 559 g/mol. The summed E-state index contributed by atoms with van der Waals surface area (Å²) >= 11 is 0. The molecule has 0 saturated carbocycles. The number of carbonyl (C=O) groups is 1. The Labute approximate surface area is 237 Å². The van der Waals surface area contributed by atoms with Gasteiger partial charge in [0.2, 0.25) is 5.91 Å². The molecule has 0 fully saturated rings. The van der Waals surface area contributed by atoms with Crippen molar-refractivity contribution in [2.24, 2.45) is 0 Å². The largest absolute Gasteiger partial charge is 0.387 e. The Kier molecular flexibility index (Phi) is 23.7. The fourth-order valence-corrected chi connectivity index (χ4v) is 4.05. The van der Waals surface area contributed by atoms with Gasteiger partial charge in [-0.25, -0.2) is 0 Å². The highest BCUT2D eigenvalue weighted by Crippen LogP contribution is 2.04. The first-order chi connectivity index (χ1) is 18.8. The number of hydrogen-bond acceptors (Lipinski definition) is 4. The van der Waals surface area contributed by atoms with Gasteiger partial charge in [0.05, 0.1) is 17.9 Å². The lowest BCUT2D eigenvalue weighted by Crippen LogP contribution is -2.46. The van der Waals surface area contributed by atoms with Gasteiger partial charge in [-0.2, -0.15) is 8.42 Å². The van der Waals surface area contributed by atoms with E-state index in [1.807, 2.05) is 25.2 Å². The highest BCUT2D eigenvalue weighted by molar-refractivity contribution is 7.85. The average molecular weight is 560 g/mol.